The molecule has 0 spiro atoms. The molecule has 0 aromatic carbocycles. The zero-order valence-electron chi connectivity index (χ0n) is 14.4. The van der Waals surface area contributed by atoms with Gasteiger partial charge >= 0.3 is 6.03 Å². The van der Waals surface area contributed by atoms with Gasteiger partial charge in [0.25, 0.3) is 0 Å². The molecule has 23 heavy (non-hydrogen) atoms. The Kier molecular flexibility index (Phi) is 5.81. The van der Waals surface area contributed by atoms with Crippen LogP contribution in [0.3, 0.4) is 0 Å². The molecule has 0 bridgehead atoms. The average molecular weight is 323 g/mol. The average Bonchev–Trinajstić information content (AvgIpc) is 3.05. The molecule has 3 N–H and O–H groups in total. The summed E-state index contributed by atoms with van der Waals surface area (Å²) in [5.74, 6) is 0. The Labute approximate surface area is 140 Å². The number of aliphatic hydroxyl groups excluding tert-OH is 1. The minimum Gasteiger partial charge on any atom is -0.394 e. The number of piperidine rings is 1. The summed E-state index contributed by atoms with van der Waals surface area (Å²) in [6.45, 7) is 2.23. The molecule has 2 aliphatic carbocycles. The number of hydrogen-bond donors (Lipinski definition) is 3. The smallest absolute Gasteiger partial charge is 0.315 e. The minimum atomic E-state index is -0.373. The van der Waals surface area contributed by atoms with E-state index in [1.807, 2.05) is 0 Å². The van der Waals surface area contributed by atoms with Crippen molar-refractivity contribution in [1.29, 1.82) is 0 Å². The number of rotatable bonds is 4. The maximum Gasteiger partial charge on any atom is 0.315 e. The normalized spacial score (nSPS) is 29.3. The Morgan fingerprint density at radius 2 is 1.78 bits per heavy atom. The van der Waals surface area contributed by atoms with Crippen molar-refractivity contribution >= 4 is 6.03 Å². The Balaban J connectivity index is 1.48. The first kappa shape index (κ1) is 17.0. The van der Waals surface area contributed by atoms with Gasteiger partial charge < -0.3 is 15.7 Å². The van der Waals surface area contributed by atoms with E-state index in [1.54, 1.807) is 0 Å². The number of carbonyl (C=O) groups excluding carboxylic acids is 1. The van der Waals surface area contributed by atoms with Crippen LogP contribution in [0.15, 0.2) is 0 Å². The van der Waals surface area contributed by atoms with Gasteiger partial charge in [-0.15, -0.1) is 0 Å². The molecule has 2 saturated carbocycles. The molecule has 3 aliphatic rings. The van der Waals surface area contributed by atoms with E-state index in [2.05, 4.69) is 15.5 Å². The fourth-order valence-electron chi connectivity index (χ4n) is 4.74. The second kappa shape index (κ2) is 7.84. The third-order valence-corrected chi connectivity index (χ3v) is 6.12. The summed E-state index contributed by atoms with van der Waals surface area (Å²) in [6.07, 6.45) is 13.0. The maximum absolute atomic E-state index is 12.4. The van der Waals surface area contributed by atoms with Crippen molar-refractivity contribution in [2.24, 2.45) is 0 Å². The third kappa shape index (κ3) is 4.38. The number of likely N-dealkylation sites (tertiary alicyclic amines) is 1. The largest absolute Gasteiger partial charge is 0.394 e. The number of aliphatic hydroxyl groups is 1. The fraction of sp³-hybridized carbons (Fsp3) is 0.944. The van der Waals surface area contributed by atoms with Gasteiger partial charge in [0.1, 0.15) is 0 Å². The van der Waals surface area contributed by atoms with E-state index in [1.165, 1.54) is 45.1 Å². The van der Waals surface area contributed by atoms with E-state index in [0.717, 1.165) is 44.7 Å². The Hall–Kier alpha value is -0.810. The molecule has 2 amide bonds. The lowest BCUT2D eigenvalue weighted by Crippen LogP contribution is -2.57. The van der Waals surface area contributed by atoms with Gasteiger partial charge in [-0.05, 0) is 45.1 Å². The lowest BCUT2D eigenvalue weighted by molar-refractivity contribution is 0.110. The van der Waals surface area contributed by atoms with Gasteiger partial charge in [0.05, 0.1) is 12.1 Å². The lowest BCUT2D eigenvalue weighted by atomic mass is 9.92. The predicted octanol–water partition coefficient (Wildman–Crippen LogP) is 2.39. The molecular weight excluding hydrogens is 290 g/mol. The molecule has 1 atom stereocenters. The first-order valence-electron chi connectivity index (χ1n) is 9.64. The van der Waals surface area contributed by atoms with Crippen LogP contribution in [-0.2, 0) is 0 Å². The molecule has 0 aromatic rings. The molecule has 132 valence electrons. The van der Waals surface area contributed by atoms with E-state index >= 15 is 0 Å². The van der Waals surface area contributed by atoms with Crippen LogP contribution < -0.4 is 10.6 Å². The van der Waals surface area contributed by atoms with Crippen LogP contribution in [-0.4, -0.2) is 53.4 Å². The molecule has 5 nitrogen and oxygen atoms in total. The quantitative estimate of drug-likeness (QED) is 0.744. The second-order valence-electron chi connectivity index (χ2n) is 7.87. The topological polar surface area (TPSA) is 64.6 Å². The lowest BCUT2D eigenvalue weighted by Gasteiger charge is -2.40. The number of amides is 2. The van der Waals surface area contributed by atoms with Gasteiger partial charge in [0.2, 0.25) is 0 Å². The van der Waals surface area contributed by atoms with Crippen molar-refractivity contribution in [3.8, 4) is 0 Å². The highest BCUT2D eigenvalue weighted by molar-refractivity contribution is 5.75. The van der Waals surface area contributed by atoms with Gasteiger partial charge in [-0.25, -0.2) is 4.79 Å². The SMILES string of the molecule is O=C(NC1CCCN(C2CCCCC2)C1)NC1(CO)CCCC1. The summed E-state index contributed by atoms with van der Waals surface area (Å²) in [6, 6.07) is 0.897. The molecule has 0 aromatic heterocycles. The second-order valence-corrected chi connectivity index (χ2v) is 7.87. The Morgan fingerprint density at radius 1 is 1.04 bits per heavy atom. The highest BCUT2D eigenvalue weighted by Gasteiger charge is 2.35. The van der Waals surface area contributed by atoms with Crippen LogP contribution in [0.1, 0.15) is 70.6 Å². The van der Waals surface area contributed by atoms with E-state index in [9.17, 15) is 9.90 Å². The van der Waals surface area contributed by atoms with E-state index in [4.69, 9.17) is 0 Å². The standard InChI is InChI=1S/C18H33N3O2/c22-14-18(10-4-5-11-18)20-17(23)19-15-7-6-12-21(13-15)16-8-2-1-3-9-16/h15-16,22H,1-14H2,(H2,19,20,23). The molecule has 5 heteroatoms. The molecule has 0 radical (unpaired) electrons. The van der Waals surface area contributed by atoms with Gasteiger partial charge in [0.15, 0.2) is 0 Å². The van der Waals surface area contributed by atoms with E-state index < -0.39 is 0 Å². The highest BCUT2D eigenvalue weighted by atomic mass is 16.3. The van der Waals surface area contributed by atoms with Crippen LogP contribution in [0.4, 0.5) is 4.79 Å². The fourth-order valence-corrected chi connectivity index (χ4v) is 4.74. The maximum atomic E-state index is 12.4. The summed E-state index contributed by atoms with van der Waals surface area (Å²) in [5.41, 5.74) is -0.373. The van der Waals surface area contributed by atoms with Crippen molar-refractivity contribution in [3.63, 3.8) is 0 Å². The predicted molar refractivity (Wildman–Crippen MR) is 91.4 cm³/mol. The molecule has 1 aliphatic heterocycles. The zero-order valence-corrected chi connectivity index (χ0v) is 14.4. The number of hydrogen-bond acceptors (Lipinski definition) is 3. The molecular formula is C18H33N3O2. The third-order valence-electron chi connectivity index (χ3n) is 6.12. The van der Waals surface area contributed by atoms with Crippen LogP contribution >= 0.6 is 0 Å². The van der Waals surface area contributed by atoms with Crippen LogP contribution in [0.2, 0.25) is 0 Å². The van der Waals surface area contributed by atoms with Gasteiger partial charge in [0, 0.05) is 18.6 Å². The van der Waals surface area contributed by atoms with Crippen molar-refractivity contribution < 1.29 is 9.90 Å². The summed E-state index contributed by atoms with van der Waals surface area (Å²) in [4.78, 5) is 15.0. The first-order valence-corrected chi connectivity index (χ1v) is 9.64. The van der Waals surface area contributed by atoms with Crippen molar-refractivity contribution in [2.75, 3.05) is 19.7 Å². The molecule has 3 rings (SSSR count). The van der Waals surface area contributed by atoms with Crippen molar-refractivity contribution in [1.82, 2.24) is 15.5 Å². The molecule has 1 unspecified atom stereocenters. The molecule has 1 heterocycles. The number of carbonyl (C=O) groups is 1. The summed E-state index contributed by atoms with van der Waals surface area (Å²) in [5, 5.41) is 15.9. The summed E-state index contributed by atoms with van der Waals surface area (Å²) in [7, 11) is 0. The number of urea groups is 1. The van der Waals surface area contributed by atoms with E-state index in [-0.39, 0.29) is 24.2 Å². The summed E-state index contributed by atoms with van der Waals surface area (Å²) >= 11 is 0. The monoisotopic (exact) mass is 323 g/mol. The van der Waals surface area contributed by atoms with Crippen LogP contribution in [0, 0.1) is 0 Å². The van der Waals surface area contributed by atoms with Gasteiger partial charge in [-0.1, -0.05) is 32.1 Å². The first-order chi connectivity index (χ1) is 11.2. The van der Waals surface area contributed by atoms with E-state index in [0.29, 0.717) is 0 Å². The number of nitrogens with zero attached hydrogens (tertiary/aromatic N) is 1. The zero-order chi connectivity index (χ0) is 16.1. The van der Waals surface area contributed by atoms with Crippen LogP contribution in [0.5, 0.6) is 0 Å². The van der Waals surface area contributed by atoms with Gasteiger partial charge in [-0.2, -0.15) is 0 Å². The Bertz CT molecular complexity index is 390. The minimum absolute atomic E-state index is 0.0548. The summed E-state index contributed by atoms with van der Waals surface area (Å²) < 4.78 is 0. The number of nitrogens with one attached hydrogen (secondary N) is 2. The molecule has 3 fully saturated rings. The van der Waals surface area contributed by atoms with Crippen molar-refractivity contribution in [3.05, 3.63) is 0 Å². The van der Waals surface area contributed by atoms with Crippen molar-refractivity contribution in [2.45, 2.75) is 88.3 Å². The van der Waals surface area contributed by atoms with Gasteiger partial charge in [-0.3, -0.25) is 4.90 Å². The Morgan fingerprint density at radius 3 is 2.48 bits per heavy atom. The molecule has 1 saturated heterocycles. The highest BCUT2D eigenvalue weighted by Crippen LogP contribution is 2.29. The van der Waals surface area contributed by atoms with Crippen LogP contribution in [0.25, 0.3) is 0 Å².